The fourth-order valence-corrected chi connectivity index (χ4v) is 6.90. The molecule has 12 heteroatoms. The fourth-order valence-electron chi connectivity index (χ4n) is 6.90. The van der Waals surface area contributed by atoms with Gasteiger partial charge in [-0.05, 0) is 63.8 Å². The van der Waals surface area contributed by atoms with Crippen molar-refractivity contribution in [3.05, 3.63) is 119 Å². The third-order valence-corrected chi connectivity index (χ3v) is 9.67. The molecule has 0 bridgehead atoms. The third-order valence-electron chi connectivity index (χ3n) is 9.67. The maximum Gasteiger partial charge on any atom is 0.407 e. The maximum atomic E-state index is 14.4. The van der Waals surface area contributed by atoms with Gasteiger partial charge in [-0.1, -0.05) is 106 Å². The molecule has 0 aromatic heterocycles. The Hall–Kier alpha value is -5.43. The van der Waals surface area contributed by atoms with E-state index in [1.54, 1.807) is 45.0 Å². The number of hydrazine groups is 1. The Morgan fingerprint density at radius 3 is 2.28 bits per heavy atom. The Bertz CT molecular complexity index is 1930. The minimum atomic E-state index is -2.21. The smallest absolute Gasteiger partial charge is 0.407 e. The van der Waals surface area contributed by atoms with Crippen LogP contribution in [0.4, 0.5) is 4.79 Å². The zero-order valence-corrected chi connectivity index (χ0v) is 30.4. The van der Waals surface area contributed by atoms with E-state index in [-0.39, 0.29) is 19.8 Å². The number of hydrogen-bond acceptors (Lipinski definition) is 9. The van der Waals surface area contributed by atoms with Crippen LogP contribution in [-0.2, 0) is 33.7 Å². The van der Waals surface area contributed by atoms with Crippen LogP contribution in [0.1, 0.15) is 55.5 Å². The first kappa shape index (κ1) is 37.3. The number of nitrogens with one attached hydrogen (secondary N) is 2. The van der Waals surface area contributed by atoms with E-state index in [1.165, 1.54) is 12.1 Å². The molecule has 3 atom stereocenters. The van der Waals surface area contributed by atoms with Gasteiger partial charge in [-0.2, -0.15) is 0 Å². The molecular weight excluding hydrogens is 676 g/mol. The number of amides is 3. The predicted octanol–water partition coefficient (Wildman–Crippen LogP) is 5.57. The first-order valence-corrected chi connectivity index (χ1v) is 17.6. The van der Waals surface area contributed by atoms with Crippen molar-refractivity contribution >= 4 is 17.9 Å². The lowest BCUT2D eigenvalue weighted by molar-refractivity contribution is -0.199. The number of alkyl carbamates (subject to hydrolysis) is 1. The van der Waals surface area contributed by atoms with Crippen molar-refractivity contribution in [2.24, 2.45) is 5.41 Å². The highest BCUT2D eigenvalue weighted by molar-refractivity contribution is 5.87. The molecule has 4 aromatic carbocycles. The molecule has 12 nitrogen and oxygen atoms in total. The van der Waals surface area contributed by atoms with E-state index in [1.807, 2.05) is 72.8 Å². The van der Waals surface area contributed by atoms with Gasteiger partial charge in [0.25, 0.3) is 11.8 Å². The third kappa shape index (κ3) is 8.62. The van der Waals surface area contributed by atoms with Crippen molar-refractivity contribution in [3.8, 4) is 22.6 Å². The summed E-state index contributed by atoms with van der Waals surface area (Å²) >= 11 is 0. The average Bonchev–Trinajstić information content (AvgIpc) is 3.80. The highest BCUT2D eigenvalue weighted by Crippen LogP contribution is 2.37. The zero-order chi connectivity index (χ0) is 37.8. The first-order valence-electron chi connectivity index (χ1n) is 17.6. The van der Waals surface area contributed by atoms with Crippen LogP contribution in [0.25, 0.3) is 11.1 Å². The molecule has 278 valence electrons. The van der Waals surface area contributed by atoms with Crippen LogP contribution < -0.4 is 20.2 Å². The molecule has 0 fully saturated rings. The Balaban J connectivity index is 1.32. The van der Waals surface area contributed by atoms with E-state index in [0.717, 1.165) is 27.8 Å². The Kier molecular flexibility index (Phi) is 11.0. The highest BCUT2D eigenvalue weighted by Gasteiger charge is 2.45. The largest absolute Gasteiger partial charge is 0.454 e. The summed E-state index contributed by atoms with van der Waals surface area (Å²) in [4.78, 5) is 40.7. The van der Waals surface area contributed by atoms with Crippen LogP contribution in [0.5, 0.6) is 11.5 Å². The maximum absolute atomic E-state index is 14.4. The number of ether oxygens (including phenoxy) is 3. The van der Waals surface area contributed by atoms with Gasteiger partial charge in [0.15, 0.2) is 17.1 Å². The molecule has 0 saturated carbocycles. The van der Waals surface area contributed by atoms with Crippen molar-refractivity contribution in [2.75, 3.05) is 20.4 Å². The lowest BCUT2D eigenvalue weighted by atomic mass is 9.86. The van der Waals surface area contributed by atoms with Gasteiger partial charge >= 0.3 is 6.09 Å². The second-order valence-electron chi connectivity index (χ2n) is 14.6. The predicted molar refractivity (Wildman–Crippen MR) is 197 cm³/mol. The van der Waals surface area contributed by atoms with Crippen LogP contribution in [0, 0.1) is 5.41 Å². The highest BCUT2D eigenvalue weighted by atomic mass is 16.7. The van der Waals surface area contributed by atoms with Crippen LogP contribution in [-0.4, -0.2) is 70.4 Å². The van der Waals surface area contributed by atoms with Gasteiger partial charge < -0.3 is 24.6 Å². The quantitative estimate of drug-likeness (QED) is 0.109. The molecule has 1 heterocycles. The summed E-state index contributed by atoms with van der Waals surface area (Å²) in [7, 11) is 1.21. The van der Waals surface area contributed by atoms with Crippen molar-refractivity contribution in [1.82, 2.24) is 20.8 Å². The zero-order valence-electron chi connectivity index (χ0n) is 30.4. The second kappa shape index (κ2) is 15.7. The Labute approximate surface area is 309 Å². The Morgan fingerprint density at radius 2 is 1.57 bits per heavy atom. The summed E-state index contributed by atoms with van der Waals surface area (Å²) in [6.07, 6.45) is 0.227. The molecule has 1 aliphatic heterocycles. The minimum Gasteiger partial charge on any atom is -0.454 e. The molecule has 0 saturated heterocycles. The number of carbonyl (C=O) groups excluding carboxylic acids is 3. The van der Waals surface area contributed by atoms with E-state index in [9.17, 15) is 24.7 Å². The number of aryl methyl sites for hydroxylation is 1. The monoisotopic (exact) mass is 722 g/mol. The summed E-state index contributed by atoms with van der Waals surface area (Å²) in [5, 5.41) is 28.7. The van der Waals surface area contributed by atoms with Crippen LogP contribution in [0.15, 0.2) is 97.1 Å². The summed E-state index contributed by atoms with van der Waals surface area (Å²) in [6, 6.07) is 28.3. The number of fused-ring (bicyclic) bond motifs is 2. The van der Waals surface area contributed by atoms with E-state index < -0.39 is 47.6 Å². The first-order chi connectivity index (χ1) is 25.3. The number of hydroxylamine groups is 2. The van der Waals surface area contributed by atoms with Crippen LogP contribution in [0.2, 0.25) is 0 Å². The number of methoxy groups -OCH3 is 1. The molecule has 3 amide bonds. The van der Waals surface area contributed by atoms with Gasteiger partial charge in [0.2, 0.25) is 6.79 Å². The number of aliphatic hydroxyl groups is 1. The standard InChI is InChI=1S/C41H46N4O8/c1-40(2,3)36(42-39(48)51-4)37(46)43-44(24-28-14-16-29(17-15-28)31-19-21-34-35(22-31)53-26-52-34)25-41(49,23-27-10-6-5-7-11-27)38(47)45(50)33-20-18-30-12-8-9-13-32(30)33/h5-17,19,21-22,33,36,49-50H,18,20,23-26H2,1-4H3,(H,42,48)(H,43,46)/t33?,36-,41+/m1/s1. The normalized spacial score (nSPS) is 16.3. The van der Waals surface area contributed by atoms with Crippen molar-refractivity contribution in [3.63, 3.8) is 0 Å². The van der Waals surface area contributed by atoms with Gasteiger partial charge in [0.05, 0.1) is 19.7 Å². The molecule has 53 heavy (non-hydrogen) atoms. The number of carbonyl (C=O) groups is 3. The molecular formula is C41H46N4O8. The molecule has 6 rings (SSSR count). The van der Waals surface area contributed by atoms with Crippen molar-refractivity contribution in [1.29, 1.82) is 0 Å². The van der Waals surface area contributed by atoms with E-state index in [4.69, 9.17) is 14.2 Å². The minimum absolute atomic E-state index is 0.0598. The lowest BCUT2D eigenvalue weighted by Crippen LogP contribution is -2.62. The van der Waals surface area contributed by atoms with Gasteiger partial charge in [0, 0.05) is 13.0 Å². The summed E-state index contributed by atoms with van der Waals surface area (Å²) in [5.74, 6) is -0.139. The van der Waals surface area contributed by atoms with Gasteiger partial charge in [-0.15, -0.1) is 0 Å². The van der Waals surface area contributed by atoms with Crippen LogP contribution in [0.3, 0.4) is 0 Å². The van der Waals surface area contributed by atoms with Gasteiger partial charge in [-0.3, -0.25) is 20.2 Å². The SMILES string of the molecule is COC(=O)N[C@H](C(=O)NN(Cc1ccc(-c2ccc3c(c2)OCO3)cc1)C[C@@](O)(Cc1ccccc1)C(=O)N(O)C1CCc2ccccc21)C(C)(C)C. The molecule has 1 aliphatic carbocycles. The summed E-state index contributed by atoms with van der Waals surface area (Å²) < 4.78 is 15.8. The lowest BCUT2D eigenvalue weighted by Gasteiger charge is -2.38. The number of benzene rings is 4. The Morgan fingerprint density at radius 1 is 0.887 bits per heavy atom. The van der Waals surface area contributed by atoms with E-state index >= 15 is 0 Å². The summed E-state index contributed by atoms with van der Waals surface area (Å²) in [6.45, 7) is 5.22. The molecule has 2 aliphatic rings. The van der Waals surface area contributed by atoms with Crippen LogP contribution >= 0.6 is 0 Å². The number of nitrogens with zero attached hydrogens (tertiary/aromatic N) is 2. The van der Waals surface area contributed by atoms with E-state index in [0.29, 0.717) is 35.0 Å². The summed E-state index contributed by atoms with van der Waals surface area (Å²) in [5.41, 5.74) is 5.02. The van der Waals surface area contributed by atoms with Crippen molar-refractivity contribution < 1.29 is 38.9 Å². The molecule has 0 radical (unpaired) electrons. The average molecular weight is 723 g/mol. The fraction of sp³-hybridized carbons (Fsp3) is 0.341. The number of rotatable bonds is 12. The second-order valence-corrected chi connectivity index (χ2v) is 14.6. The molecule has 1 unspecified atom stereocenters. The van der Waals surface area contributed by atoms with Gasteiger partial charge in [-0.25, -0.2) is 14.9 Å². The topological polar surface area (TPSA) is 150 Å². The van der Waals surface area contributed by atoms with Gasteiger partial charge in [0.1, 0.15) is 6.04 Å². The van der Waals surface area contributed by atoms with E-state index in [2.05, 4.69) is 10.7 Å². The van der Waals surface area contributed by atoms with Crippen molar-refractivity contribution in [2.45, 2.75) is 64.3 Å². The number of hydrogen-bond donors (Lipinski definition) is 4. The molecule has 0 spiro atoms. The molecule has 4 aromatic rings. The molecule has 4 N–H and O–H groups in total.